The van der Waals surface area contributed by atoms with Crippen LogP contribution in [-0.4, -0.2) is 43.1 Å². The van der Waals surface area contributed by atoms with Gasteiger partial charge in [0.25, 0.3) is 5.91 Å². The van der Waals surface area contributed by atoms with Crippen molar-refractivity contribution in [3.63, 3.8) is 0 Å². The topological polar surface area (TPSA) is 123 Å². The maximum Gasteiger partial charge on any atom is 0.264 e. The van der Waals surface area contributed by atoms with Crippen LogP contribution in [0.4, 0.5) is 10.2 Å². The van der Waals surface area contributed by atoms with E-state index in [9.17, 15) is 10.1 Å². The monoisotopic (exact) mass is 539 g/mol. The molecule has 1 unspecified atom stereocenters. The maximum atomic E-state index is 15.4. The second-order valence-electron chi connectivity index (χ2n) is 10.9. The largest absolute Gasteiger partial charge is 0.457 e. The molecule has 0 saturated carbocycles. The van der Waals surface area contributed by atoms with E-state index in [0.717, 1.165) is 12.8 Å². The number of carbonyl (C=O) groups excluding carboxylic acids is 1. The number of nitrogen functional groups attached to an aromatic ring is 1. The molecule has 0 bridgehead atoms. The number of nitrogens with two attached hydrogens (primary N) is 1. The van der Waals surface area contributed by atoms with E-state index in [2.05, 4.69) is 16.0 Å². The quantitative estimate of drug-likeness (QED) is 0.254. The van der Waals surface area contributed by atoms with Gasteiger partial charge in [0.2, 0.25) is 0 Å². The van der Waals surface area contributed by atoms with Gasteiger partial charge in [0.05, 0.1) is 18.0 Å². The highest BCUT2D eigenvalue weighted by atomic mass is 19.1. The van der Waals surface area contributed by atoms with Crippen molar-refractivity contribution in [3.8, 4) is 28.8 Å². The molecule has 5 rings (SSSR count). The lowest BCUT2D eigenvalue weighted by Crippen LogP contribution is -2.39. The standard InChI is InChI=1S/C30H30FN7O2/c1-30(2,3)15-19(16-32)29(39)37-13-7-8-20(37)17-38-28-25(27(33)34-18-35-28)26(36-38)23-12-11-22(14-24(23)31)40-21-9-5-4-6-10-21/h4-6,9-12,14-15,18,20H,7-8,13,17H2,1-3H3,(H2,33,34,35)/b19-15+. The van der Waals surface area contributed by atoms with Crippen molar-refractivity contribution in [3.05, 3.63) is 72.3 Å². The molecule has 1 fully saturated rings. The van der Waals surface area contributed by atoms with Crippen molar-refractivity contribution in [2.75, 3.05) is 12.3 Å². The number of anilines is 1. The van der Waals surface area contributed by atoms with E-state index >= 15 is 4.39 Å². The number of rotatable bonds is 6. The summed E-state index contributed by atoms with van der Waals surface area (Å²) in [6, 6.07) is 15.5. The van der Waals surface area contributed by atoms with Crippen LogP contribution in [0.1, 0.15) is 33.6 Å². The molecule has 0 aliphatic carbocycles. The first-order valence-corrected chi connectivity index (χ1v) is 13.1. The fraction of sp³-hybridized carbons (Fsp3) is 0.300. The fourth-order valence-corrected chi connectivity index (χ4v) is 4.94. The van der Waals surface area contributed by atoms with Crippen LogP contribution < -0.4 is 10.5 Å². The molecule has 2 aromatic heterocycles. The molecule has 1 atom stereocenters. The zero-order valence-corrected chi connectivity index (χ0v) is 22.6. The lowest BCUT2D eigenvalue weighted by molar-refractivity contribution is -0.127. The lowest BCUT2D eigenvalue weighted by Gasteiger charge is -2.25. The molecule has 10 heteroatoms. The van der Waals surface area contributed by atoms with Gasteiger partial charge in [0.15, 0.2) is 5.65 Å². The zero-order chi connectivity index (χ0) is 28.4. The Morgan fingerprint density at radius 1 is 1.20 bits per heavy atom. The number of fused-ring (bicyclic) bond motifs is 1. The van der Waals surface area contributed by atoms with Crippen molar-refractivity contribution < 1.29 is 13.9 Å². The number of hydrogen-bond acceptors (Lipinski definition) is 7. The van der Waals surface area contributed by atoms with Gasteiger partial charge in [0, 0.05) is 18.2 Å². The summed E-state index contributed by atoms with van der Waals surface area (Å²) >= 11 is 0. The number of nitriles is 1. The smallest absolute Gasteiger partial charge is 0.264 e. The van der Waals surface area contributed by atoms with Crippen molar-refractivity contribution in [1.29, 1.82) is 5.26 Å². The Hall–Kier alpha value is -4.78. The summed E-state index contributed by atoms with van der Waals surface area (Å²) in [6.07, 6.45) is 4.57. The molecule has 9 nitrogen and oxygen atoms in total. The van der Waals surface area contributed by atoms with Crippen LogP contribution in [0.15, 0.2) is 66.5 Å². The van der Waals surface area contributed by atoms with Gasteiger partial charge in [-0.15, -0.1) is 0 Å². The highest BCUT2D eigenvalue weighted by Crippen LogP contribution is 2.35. The van der Waals surface area contributed by atoms with Crippen LogP contribution in [0, 0.1) is 22.6 Å². The highest BCUT2D eigenvalue weighted by molar-refractivity contribution is 5.99. The van der Waals surface area contributed by atoms with Gasteiger partial charge in [-0.05, 0) is 42.5 Å². The third-order valence-electron chi connectivity index (χ3n) is 6.68. The van der Waals surface area contributed by atoms with Crippen LogP contribution >= 0.6 is 0 Å². The van der Waals surface area contributed by atoms with Gasteiger partial charge in [-0.2, -0.15) is 10.4 Å². The highest BCUT2D eigenvalue weighted by Gasteiger charge is 2.33. The van der Waals surface area contributed by atoms with E-state index in [1.807, 2.05) is 39.0 Å². The van der Waals surface area contributed by atoms with Gasteiger partial charge in [0.1, 0.15) is 46.8 Å². The number of benzene rings is 2. The van der Waals surface area contributed by atoms with E-state index < -0.39 is 5.82 Å². The summed E-state index contributed by atoms with van der Waals surface area (Å²) in [5, 5.41) is 14.8. The minimum absolute atomic E-state index is 0.122. The number of allylic oxidation sites excluding steroid dienone is 1. The number of para-hydroxylation sites is 1. The Kier molecular flexibility index (Phi) is 7.22. The van der Waals surface area contributed by atoms with Crippen LogP contribution in [0.3, 0.4) is 0 Å². The number of ether oxygens (including phenoxy) is 1. The Morgan fingerprint density at radius 3 is 2.67 bits per heavy atom. The summed E-state index contributed by atoms with van der Waals surface area (Å²) in [6.45, 7) is 6.68. The number of hydrogen-bond donors (Lipinski definition) is 1. The number of halogens is 1. The van der Waals surface area contributed by atoms with Crippen LogP contribution in [0.5, 0.6) is 11.5 Å². The van der Waals surface area contributed by atoms with Gasteiger partial charge < -0.3 is 15.4 Å². The van der Waals surface area contributed by atoms with E-state index in [4.69, 9.17) is 15.6 Å². The third-order valence-corrected chi connectivity index (χ3v) is 6.68. The number of aromatic nitrogens is 4. The molecule has 0 radical (unpaired) electrons. The molecule has 40 heavy (non-hydrogen) atoms. The van der Waals surface area contributed by atoms with Crippen molar-refractivity contribution in [2.24, 2.45) is 5.41 Å². The molecule has 1 aliphatic heterocycles. The molecule has 3 heterocycles. The van der Waals surface area contributed by atoms with E-state index in [-0.39, 0.29) is 34.3 Å². The predicted molar refractivity (Wildman–Crippen MR) is 150 cm³/mol. The second kappa shape index (κ2) is 10.8. The normalized spacial score (nSPS) is 15.8. The molecule has 204 valence electrons. The first-order chi connectivity index (χ1) is 19.1. The van der Waals surface area contributed by atoms with Crippen molar-refractivity contribution in [1.82, 2.24) is 24.6 Å². The maximum absolute atomic E-state index is 15.4. The van der Waals surface area contributed by atoms with E-state index in [1.165, 1.54) is 12.4 Å². The number of nitrogens with zero attached hydrogens (tertiary/aromatic N) is 6. The van der Waals surface area contributed by atoms with Gasteiger partial charge >= 0.3 is 0 Å². The molecular formula is C30H30FN7O2. The van der Waals surface area contributed by atoms with E-state index in [1.54, 1.807) is 39.9 Å². The average molecular weight is 540 g/mol. The summed E-state index contributed by atoms with van der Waals surface area (Å²) < 4.78 is 22.9. The second-order valence-corrected chi connectivity index (χ2v) is 10.9. The molecule has 1 saturated heterocycles. The average Bonchev–Trinajstić information content (AvgIpc) is 3.53. The molecule has 1 amide bonds. The zero-order valence-electron chi connectivity index (χ0n) is 22.6. The first kappa shape index (κ1) is 26.8. The first-order valence-electron chi connectivity index (χ1n) is 13.1. The van der Waals surface area contributed by atoms with Crippen molar-refractivity contribution >= 4 is 22.8 Å². The Balaban J connectivity index is 1.48. The minimum atomic E-state index is -0.535. The van der Waals surface area contributed by atoms with Crippen LogP contribution in [-0.2, 0) is 11.3 Å². The Labute approximate surface area is 231 Å². The Morgan fingerprint density at radius 2 is 1.98 bits per heavy atom. The molecular weight excluding hydrogens is 509 g/mol. The molecule has 2 aromatic carbocycles. The van der Waals surface area contributed by atoms with E-state index in [0.29, 0.717) is 41.3 Å². The van der Waals surface area contributed by atoms with Crippen molar-refractivity contribution in [2.45, 2.75) is 46.2 Å². The molecule has 2 N–H and O–H groups in total. The summed E-state index contributed by atoms with van der Waals surface area (Å²) in [7, 11) is 0. The summed E-state index contributed by atoms with van der Waals surface area (Å²) in [4.78, 5) is 23.5. The molecule has 1 aliphatic rings. The number of likely N-dealkylation sites (tertiary alicyclic amines) is 1. The number of amides is 1. The third kappa shape index (κ3) is 5.50. The van der Waals surface area contributed by atoms with Crippen LogP contribution in [0.2, 0.25) is 0 Å². The minimum Gasteiger partial charge on any atom is -0.457 e. The summed E-state index contributed by atoms with van der Waals surface area (Å²) in [5.41, 5.74) is 7.01. The Bertz CT molecular complexity index is 1630. The lowest BCUT2D eigenvalue weighted by atomic mass is 9.93. The SMILES string of the molecule is CC(C)(C)/C=C(\C#N)C(=O)N1CCCC1Cn1nc(-c2ccc(Oc3ccccc3)cc2F)c2c(N)ncnc21. The van der Waals surface area contributed by atoms with Gasteiger partial charge in [-0.3, -0.25) is 4.79 Å². The molecule has 4 aromatic rings. The predicted octanol–water partition coefficient (Wildman–Crippen LogP) is 5.49. The number of carbonyl (C=O) groups is 1. The van der Waals surface area contributed by atoms with Gasteiger partial charge in [-0.1, -0.05) is 45.0 Å². The van der Waals surface area contributed by atoms with Gasteiger partial charge in [-0.25, -0.2) is 19.0 Å². The van der Waals surface area contributed by atoms with Crippen LogP contribution in [0.25, 0.3) is 22.3 Å². The molecule has 0 spiro atoms. The summed E-state index contributed by atoms with van der Waals surface area (Å²) in [5.74, 6) is 0.277. The fourth-order valence-electron chi connectivity index (χ4n) is 4.94.